The smallest absolute Gasteiger partial charge is 0.338 e. The Hall–Kier alpha value is -3.81. The standard InChI is InChI=1S/C26H29N3O5/c1-3-11-32-23-13-17(20-14-24(30)28-25-21(20)15-27-29-25)9-10-22(23)34-16-18-7-5-6-8-19(18)26(31)33-12-4-2/h5-10,13,15,20H,3-4,11-12,14,16H2,1-2H3,(H2,27,28,29,30). The third-order valence-electron chi connectivity index (χ3n) is 5.59. The molecule has 8 nitrogen and oxygen atoms in total. The van der Waals surface area contributed by atoms with Crippen LogP contribution in [0.1, 0.15) is 66.1 Å². The summed E-state index contributed by atoms with van der Waals surface area (Å²) in [6.45, 7) is 5.09. The lowest BCUT2D eigenvalue weighted by molar-refractivity contribution is -0.116. The van der Waals surface area contributed by atoms with Crippen molar-refractivity contribution in [3.63, 3.8) is 0 Å². The maximum atomic E-state index is 12.4. The van der Waals surface area contributed by atoms with E-state index in [0.29, 0.717) is 42.5 Å². The van der Waals surface area contributed by atoms with Crippen molar-refractivity contribution in [2.75, 3.05) is 18.5 Å². The average Bonchev–Trinajstić information content (AvgIpc) is 3.33. The Morgan fingerprint density at radius 3 is 2.71 bits per heavy atom. The number of hydrogen-bond acceptors (Lipinski definition) is 6. The molecule has 0 fully saturated rings. The Morgan fingerprint density at radius 1 is 1.06 bits per heavy atom. The molecule has 1 atom stereocenters. The molecular weight excluding hydrogens is 434 g/mol. The SMILES string of the molecule is CCCOC(=O)c1ccccc1COc1ccc(C2CC(=O)Nc3[nH]ncc32)cc1OCCC. The first-order chi connectivity index (χ1) is 16.6. The number of fused-ring (bicyclic) bond motifs is 1. The van der Waals surface area contributed by atoms with E-state index in [1.165, 1.54) is 0 Å². The normalized spacial score (nSPS) is 14.8. The summed E-state index contributed by atoms with van der Waals surface area (Å²) in [5.41, 5.74) is 3.11. The van der Waals surface area contributed by atoms with Crippen molar-refractivity contribution in [1.82, 2.24) is 10.2 Å². The highest BCUT2D eigenvalue weighted by Crippen LogP contribution is 2.39. The van der Waals surface area contributed by atoms with Gasteiger partial charge in [-0.2, -0.15) is 5.10 Å². The van der Waals surface area contributed by atoms with Gasteiger partial charge in [0.05, 0.1) is 25.0 Å². The molecule has 8 heteroatoms. The minimum absolute atomic E-state index is 0.0651. The van der Waals surface area contributed by atoms with Crippen molar-refractivity contribution < 1.29 is 23.8 Å². The molecule has 178 valence electrons. The Morgan fingerprint density at radius 2 is 1.88 bits per heavy atom. The summed E-state index contributed by atoms with van der Waals surface area (Å²) >= 11 is 0. The van der Waals surface area contributed by atoms with Crippen LogP contribution in [0.15, 0.2) is 48.7 Å². The number of nitrogens with one attached hydrogen (secondary N) is 2. The number of aromatic nitrogens is 2. The topological polar surface area (TPSA) is 103 Å². The van der Waals surface area contributed by atoms with Crippen molar-refractivity contribution in [3.8, 4) is 11.5 Å². The molecule has 2 N–H and O–H groups in total. The third-order valence-corrected chi connectivity index (χ3v) is 5.59. The summed E-state index contributed by atoms with van der Waals surface area (Å²) in [5, 5.41) is 9.73. The molecule has 1 unspecified atom stereocenters. The van der Waals surface area contributed by atoms with Crippen LogP contribution in [0.25, 0.3) is 0 Å². The molecule has 0 saturated carbocycles. The number of anilines is 1. The van der Waals surface area contributed by atoms with Crippen LogP contribution >= 0.6 is 0 Å². The summed E-state index contributed by atoms with van der Waals surface area (Å²) in [6.07, 6.45) is 3.67. The highest BCUT2D eigenvalue weighted by molar-refractivity contribution is 5.94. The van der Waals surface area contributed by atoms with Gasteiger partial charge in [0.25, 0.3) is 0 Å². The first-order valence-corrected chi connectivity index (χ1v) is 11.6. The van der Waals surface area contributed by atoms with E-state index in [-0.39, 0.29) is 24.4 Å². The number of H-pyrrole nitrogens is 1. The second-order valence-corrected chi connectivity index (χ2v) is 8.14. The fourth-order valence-electron chi connectivity index (χ4n) is 3.90. The van der Waals surface area contributed by atoms with Crippen LogP contribution in [0.5, 0.6) is 11.5 Å². The van der Waals surface area contributed by atoms with Crippen LogP contribution in [-0.2, 0) is 16.1 Å². The molecule has 3 aromatic rings. The van der Waals surface area contributed by atoms with Crippen LogP contribution in [-0.4, -0.2) is 35.3 Å². The van der Waals surface area contributed by atoms with E-state index in [9.17, 15) is 9.59 Å². The molecule has 1 aromatic heterocycles. The van der Waals surface area contributed by atoms with Crippen molar-refractivity contribution in [2.45, 2.75) is 45.6 Å². The molecule has 1 aliphatic heterocycles. The number of carbonyl (C=O) groups excluding carboxylic acids is 2. The van der Waals surface area contributed by atoms with Crippen LogP contribution in [0.3, 0.4) is 0 Å². The van der Waals surface area contributed by atoms with Gasteiger partial charge < -0.3 is 19.5 Å². The lowest BCUT2D eigenvalue weighted by Crippen LogP contribution is -2.23. The second-order valence-electron chi connectivity index (χ2n) is 8.14. The molecule has 1 aliphatic rings. The molecule has 0 radical (unpaired) electrons. The molecule has 2 aromatic carbocycles. The zero-order chi connectivity index (χ0) is 23.9. The lowest BCUT2D eigenvalue weighted by Gasteiger charge is -2.23. The minimum atomic E-state index is -0.356. The van der Waals surface area contributed by atoms with E-state index in [2.05, 4.69) is 15.5 Å². The zero-order valence-corrected chi connectivity index (χ0v) is 19.4. The molecule has 4 rings (SSSR count). The molecule has 0 bridgehead atoms. The molecule has 2 heterocycles. The Labute approximate surface area is 198 Å². The fraction of sp³-hybridized carbons (Fsp3) is 0.346. The number of ether oxygens (including phenoxy) is 3. The maximum absolute atomic E-state index is 12.4. The molecular formula is C26H29N3O5. The van der Waals surface area contributed by atoms with Gasteiger partial charge in [0, 0.05) is 23.5 Å². The van der Waals surface area contributed by atoms with Gasteiger partial charge in [0.1, 0.15) is 12.4 Å². The third kappa shape index (κ3) is 5.22. The maximum Gasteiger partial charge on any atom is 0.338 e. The lowest BCUT2D eigenvalue weighted by atomic mass is 9.87. The van der Waals surface area contributed by atoms with Gasteiger partial charge in [-0.15, -0.1) is 0 Å². The number of benzene rings is 2. The largest absolute Gasteiger partial charge is 0.490 e. The number of aromatic amines is 1. The van der Waals surface area contributed by atoms with Gasteiger partial charge in [-0.05, 0) is 36.6 Å². The van der Waals surface area contributed by atoms with Gasteiger partial charge in [0.15, 0.2) is 11.5 Å². The van der Waals surface area contributed by atoms with Crippen LogP contribution < -0.4 is 14.8 Å². The van der Waals surface area contributed by atoms with Crippen molar-refractivity contribution in [3.05, 3.63) is 70.9 Å². The number of carbonyl (C=O) groups is 2. The molecule has 0 spiro atoms. The molecule has 34 heavy (non-hydrogen) atoms. The summed E-state index contributed by atoms with van der Waals surface area (Å²) in [6, 6.07) is 13.0. The van der Waals surface area contributed by atoms with Crippen LogP contribution in [0.4, 0.5) is 5.82 Å². The van der Waals surface area contributed by atoms with E-state index in [1.54, 1.807) is 18.3 Å². The Bertz CT molecular complexity index is 1160. The van der Waals surface area contributed by atoms with Crippen molar-refractivity contribution >= 4 is 17.7 Å². The monoisotopic (exact) mass is 463 g/mol. The fourth-order valence-corrected chi connectivity index (χ4v) is 3.90. The molecule has 1 amide bonds. The first-order valence-electron chi connectivity index (χ1n) is 11.6. The van der Waals surface area contributed by atoms with Crippen LogP contribution in [0.2, 0.25) is 0 Å². The highest BCUT2D eigenvalue weighted by Gasteiger charge is 2.29. The summed E-state index contributed by atoms with van der Waals surface area (Å²) in [5.74, 6) is 1.25. The van der Waals surface area contributed by atoms with Gasteiger partial charge in [-0.1, -0.05) is 38.1 Å². The van der Waals surface area contributed by atoms with E-state index >= 15 is 0 Å². The first kappa shape index (κ1) is 23.4. The van der Waals surface area contributed by atoms with Gasteiger partial charge >= 0.3 is 5.97 Å². The van der Waals surface area contributed by atoms with Gasteiger partial charge in [-0.25, -0.2) is 4.79 Å². The summed E-state index contributed by atoms with van der Waals surface area (Å²) in [4.78, 5) is 24.6. The average molecular weight is 464 g/mol. The van der Waals surface area contributed by atoms with Crippen molar-refractivity contribution in [1.29, 1.82) is 0 Å². The van der Waals surface area contributed by atoms with E-state index in [4.69, 9.17) is 14.2 Å². The predicted octanol–water partition coefficient (Wildman–Crippen LogP) is 4.82. The summed E-state index contributed by atoms with van der Waals surface area (Å²) in [7, 11) is 0. The molecule has 0 aliphatic carbocycles. The van der Waals surface area contributed by atoms with E-state index in [0.717, 1.165) is 29.5 Å². The summed E-state index contributed by atoms with van der Waals surface area (Å²) < 4.78 is 17.4. The minimum Gasteiger partial charge on any atom is -0.490 e. The van der Waals surface area contributed by atoms with Crippen LogP contribution in [0, 0.1) is 0 Å². The predicted molar refractivity (Wildman–Crippen MR) is 127 cm³/mol. The number of amides is 1. The number of nitrogens with zero attached hydrogens (tertiary/aromatic N) is 1. The van der Waals surface area contributed by atoms with E-state index < -0.39 is 0 Å². The number of rotatable bonds is 10. The zero-order valence-electron chi connectivity index (χ0n) is 19.4. The molecule has 0 saturated heterocycles. The number of esters is 1. The number of hydrogen-bond donors (Lipinski definition) is 2. The van der Waals surface area contributed by atoms with Gasteiger partial charge in [-0.3, -0.25) is 9.89 Å². The highest BCUT2D eigenvalue weighted by atomic mass is 16.5. The Kier molecular flexibility index (Phi) is 7.47. The van der Waals surface area contributed by atoms with Gasteiger partial charge in [0.2, 0.25) is 5.91 Å². The quantitative estimate of drug-likeness (QED) is 0.418. The van der Waals surface area contributed by atoms with Crippen molar-refractivity contribution in [2.24, 2.45) is 0 Å². The Balaban J connectivity index is 1.57. The van der Waals surface area contributed by atoms with E-state index in [1.807, 2.05) is 44.2 Å². The second kappa shape index (κ2) is 10.9.